The molecule has 0 radical (unpaired) electrons. The molecule has 0 saturated heterocycles. The van der Waals surface area contributed by atoms with Crippen LogP contribution in [-0.4, -0.2) is 18.0 Å². The van der Waals surface area contributed by atoms with Crippen molar-refractivity contribution < 1.29 is 19.1 Å². The molecule has 7 aliphatic carbocycles. The summed E-state index contributed by atoms with van der Waals surface area (Å²) in [5.74, 6) is 3.20. The highest BCUT2D eigenvalue weighted by molar-refractivity contribution is 5.82. The van der Waals surface area contributed by atoms with E-state index >= 15 is 0 Å². The van der Waals surface area contributed by atoms with Gasteiger partial charge in [0.25, 0.3) is 0 Å². The highest BCUT2D eigenvalue weighted by atomic mass is 16.5. The van der Waals surface area contributed by atoms with Crippen LogP contribution in [0, 0.1) is 79.3 Å². The van der Waals surface area contributed by atoms with Gasteiger partial charge in [0, 0.05) is 5.41 Å². The lowest BCUT2D eigenvalue weighted by Gasteiger charge is -2.73. The van der Waals surface area contributed by atoms with Crippen LogP contribution in [-0.2, 0) is 25.7 Å². The zero-order chi connectivity index (χ0) is 35.7. The summed E-state index contributed by atoms with van der Waals surface area (Å²) in [5.41, 5.74) is 2.70. The van der Waals surface area contributed by atoms with Gasteiger partial charge in [-0.1, -0.05) is 92.6 Å². The molecule has 7 aliphatic rings. The van der Waals surface area contributed by atoms with E-state index in [1.165, 1.54) is 64.2 Å². The summed E-state index contributed by atoms with van der Waals surface area (Å²) in [6.45, 7) is 22.7. The fourth-order valence-corrected chi connectivity index (χ4v) is 15.3. The number of benzene rings is 1. The number of fused-ring (bicyclic) bond motifs is 7. The minimum absolute atomic E-state index is 0.0711. The fourth-order valence-electron chi connectivity index (χ4n) is 15.3. The molecule has 1 aromatic rings. The van der Waals surface area contributed by atoms with Gasteiger partial charge in [0.2, 0.25) is 0 Å². The molecule has 0 amide bonds. The highest BCUT2D eigenvalue weighted by Crippen LogP contribution is 2.79. The SMILES string of the molecule is CC1([C@@H]2CC[C@]3(C)CC[C@]4(C)[C@H](CC[C@@H]5[C@@]6(C)CC[C@H](OC(=O)[C@H]7C[C@@H](C(=O)OCc8ccccc8)C7(C)C)C(C)(C)[C@@H]6CC[C@]54C)[C@@H]23)CC1. The van der Waals surface area contributed by atoms with E-state index in [0.29, 0.717) is 34.0 Å². The van der Waals surface area contributed by atoms with E-state index in [1.54, 1.807) is 0 Å². The lowest BCUT2D eigenvalue weighted by atomic mass is 9.32. The Labute approximate surface area is 304 Å². The van der Waals surface area contributed by atoms with Gasteiger partial charge in [0.15, 0.2) is 0 Å². The predicted octanol–water partition coefficient (Wildman–Crippen LogP) is 11.2. The van der Waals surface area contributed by atoms with E-state index in [-0.39, 0.29) is 47.3 Å². The van der Waals surface area contributed by atoms with Gasteiger partial charge >= 0.3 is 11.9 Å². The van der Waals surface area contributed by atoms with Gasteiger partial charge in [-0.3, -0.25) is 9.59 Å². The summed E-state index contributed by atoms with van der Waals surface area (Å²) in [5, 5.41) is 0. The topological polar surface area (TPSA) is 52.6 Å². The van der Waals surface area contributed by atoms with Crippen molar-refractivity contribution in [3.8, 4) is 0 Å². The number of hydrogen-bond donors (Lipinski definition) is 0. The molecule has 50 heavy (non-hydrogen) atoms. The molecule has 0 aliphatic heterocycles. The first kappa shape index (κ1) is 35.2. The van der Waals surface area contributed by atoms with Gasteiger partial charge in [-0.2, -0.15) is 0 Å². The van der Waals surface area contributed by atoms with Crippen molar-refractivity contribution >= 4 is 11.9 Å². The second kappa shape index (κ2) is 11.3. The highest BCUT2D eigenvalue weighted by Gasteiger charge is 2.72. The fraction of sp³-hybridized carbons (Fsp3) is 0.826. The molecule has 7 fully saturated rings. The third-order valence-corrected chi connectivity index (χ3v) is 19.0. The molecule has 276 valence electrons. The van der Waals surface area contributed by atoms with Gasteiger partial charge in [-0.25, -0.2) is 0 Å². The first-order valence-electron chi connectivity index (χ1n) is 20.8. The standard InChI is InChI=1S/C46H68O4/c1-40(2)32(38(47)49-28-29-13-11-10-12-14-29)27-33(40)39(48)50-36-19-21-44(7)34(41(36,3)4)18-22-46(9)35(44)16-15-31-37-30(42(5)23-24-42)17-20-43(37,6)25-26-45(31,46)8/h10-14,30-37H,15-28H2,1-9H3/t30-,31-,32+,33-,34+,35-,36+,37-,43-,44+,45-,46-/m1/s1. The van der Waals surface area contributed by atoms with Gasteiger partial charge < -0.3 is 9.47 Å². The summed E-state index contributed by atoms with van der Waals surface area (Å²) in [6, 6.07) is 9.82. The van der Waals surface area contributed by atoms with Crippen molar-refractivity contribution in [3.63, 3.8) is 0 Å². The maximum atomic E-state index is 13.9. The van der Waals surface area contributed by atoms with Crippen LogP contribution in [0.3, 0.4) is 0 Å². The van der Waals surface area contributed by atoms with Crippen LogP contribution in [0.5, 0.6) is 0 Å². The average Bonchev–Trinajstić information content (AvgIpc) is 3.70. The van der Waals surface area contributed by atoms with E-state index in [0.717, 1.165) is 42.1 Å². The zero-order valence-corrected chi connectivity index (χ0v) is 33.0. The molecule has 4 heteroatoms. The van der Waals surface area contributed by atoms with Crippen LogP contribution in [0.25, 0.3) is 0 Å². The van der Waals surface area contributed by atoms with Crippen molar-refractivity contribution in [2.24, 2.45) is 79.3 Å². The Balaban J connectivity index is 0.953. The van der Waals surface area contributed by atoms with Crippen LogP contribution in [0.15, 0.2) is 30.3 Å². The van der Waals surface area contributed by atoms with Gasteiger partial charge in [-0.05, 0) is 151 Å². The summed E-state index contributed by atoms with van der Waals surface area (Å²) >= 11 is 0. The number of hydrogen-bond acceptors (Lipinski definition) is 4. The molecular formula is C46H68O4. The van der Waals surface area contributed by atoms with E-state index in [2.05, 4.69) is 48.5 Å². The average molecular weight is 685 g/mol. The second-order valence-electron chi connectivity index (χ2n) is 21.7. The third-order valence-electron chi connectivity index (χ3n) is 19.0. The van der Waals surface area contributed by atoms with Crippen molar-refractivity contribution in [1.82, 2.24) is 0 Å². The van der Waals surface area contributed by atoms with Gasteiger partial charge in [0.1, 0.15) is 12.7 Å². The molecule has 7 saturated carbocycles. The number of esters is 2. The molecule has 0 unspecified atom stereocenters. The first-order valence-corrected chi connectivity index (χ1v) is 20.8. The normalized spacial score (nSPS) is 47.7. The zero-order valence-electron chi connectivity index (χ0n) is 33.0. The van der Waals surface area contributed by atoms with Gasteiger partial charge in [0.05, 0.1) is 11.8 Å². The molecule has 12 atom stereocenters. The minimum atomic E-state index is -0.468. The summed E-state index contributed by atoms with van der Waals surface area (Å²) in [6.07, 6.45) is 16.7. The van der Waals surface area contributed by atoms with Crippen molar-refractivity contribution in [1.29, 1.82) is 0 Å². The monoisotopic (exact) mass is 685 g/mol. The lowest BCUT2D eigenvalue weighted by Crippen LogP contribution is -2.67. The maximum absolute atomic E-state index is 13.9. The molecule has 1 aromatic carbocycles. The predicted molar refractivity (Wildman–Crippen MR) is 199 cm³/mol. The molecule has 0 aromatic heterocycles. The maximum Gasteiger partial charge on any atom is 0.309 e. The largest absolute Gasteiger partial charge is 0.462 e. The molecule has 0 heterocycles. The van der Waals surface area contributed by atoms with Crippen molar-refractivity contribution in [3.05, 3.63) is 35.9 Å². The molecular weight excluding hydrogens is 617 g/mol. The van der Waals surface area contributed by atoms with E-state index in [9.17, 15) is 9.59 Å². The third kappa shape index (κ3) is 4.86. The lowest BCUT2D eigenvalue weighted by molar-refractivity contribution is -0.252. The van der Waals surface area contributed by atoms with Crippen LogP contribution in [0.4, 0.5) is 0 Å². The number of ether oxygens (including phenoxy) is 2. The number of rotatable bonds is 6. The van der Waals surface area contributed by atoms with Crippen molar-refractivity contribution in [2.45, 2.75) is 158 Å². The van der Waals surface area contributed by atoms with Crippen LogP contribution < -0.4 is 0 Å². The number of carbonyl (C=O) groups excluding carboxylic acids is 2. The Kier molecular flexibility index (Phi) is 7.98. The summed E-state index contributed by atoms with van der Waals surface area (Å²) in [4.78, 5) is 27.0. The van der Waals surface area contributed by atoms with E-state index in [1.807, 2.05) is 44.2 Å². The second-order valence-corrected chi connectivity index (χ2v) is 21.7. The minimum Gasteiger partial charge on any atom is -0.462 e. The molecule has 0 N–H and O–H groups in total. The Morgan fingerprint density at radius 3 is 1.98 bits per heavy atom. The van der Waals surface area contributed by atoms with Crippen LogP contribution >= 0.6 is 0 Å². The summed E-state index contributed by atoms with van der Waals surface area (Å²) in [7, 11) is 0. The van der Waals surface area contributed by atoms with Gasteiger partial charge in [-0.15, -0.1) is 0 Å². The van der Waals surface area contributed by atoms with Crippen LogP contribution in [0.1, 0.15) is 151 Å². The van der Waals surface area contributed by atoms with Crippen LogP contribution in [0.2, 0.25) is 0 Å². The molecule has 8 rings (SSSR count). The smallest absolute Gasteiger partial charge is 0.309 e. The number of carbonyl (C=O) groups is 2. The quantitative estimate of drug-likeness (QED) is 0.280. The molecule has 4 nitrogen and oxygen atoms in total. The van der Waals surface area contributed by atoms with E-state index < -0.39 is 5.41 Å². The Hall–Kier alpha value is -1.84. The summed E-state index contributed by atoms with van der Waals surface area (Å²) < 4.78 is 12.3. The molecule has 0 spiro atoms. The van der Waals surface area contributed by atoms with Crippen molar-refractivity contribution in [2.75, 3.05) is 0 Å². The Morgan fingerprint density at radius 2 is 1.30 bits per heavy atom. The molecule has 0 bridgehead atoms. The Morgan fingerprint density at radius 1 is 0.620 bits per heavy atom. The Bertz CT molecular complexity index is 1510. The first-order chi connectivity index (χ1) is 23.4. The van der Waals surface area contributed by atoms with E-state index in [4.69, 9.17) is 9.47 Å².